The zero-order valence-corrected chi connectivity index (χ0v) is 15.2. The lowest BCUT2D eigenvalue weighted by Crippen LogP contribution is -2.26. The molecule has 2 saturated heterocycles. The summed E-state index contributed by atoms with van der Waals surface area (Å²) in [5, 5.41) is 4.37. The van der Waals surface area contributed by atoms with Crippen LogP contribution in [0.4, 0.5) is 11.4 Å². The fourth-order valence-corrected chi connectivity index (χ4v) is 4.64. The van der Waals surface area contributed by atoms with E-state index in [9.17, 15) is 4.79 Å². The normalized spacial score (nSPS) is 23.1. The Balaban J connectivity index is 1.58. The van der Waals surface area contributed by atoms with Gasteiger partial charge in [0.15, 0.2) is 0 Å². The molecule has 1 aromatic heterocycles. The second-order valence-electron chi connectivity index (χ2n) is 7.72. The highest BCUT2D eigenvalue weighted by molar-refractivity contribution is 5.92. The van der Waals surface area contributed by atoms with Gasteiger partial charge in [-0.15, -0.1) is 0 Å². The first kappa shape index (κ1) is 15.7. The standard InChI is InChI=1S/C21H23N3O2/c1-22-15-3-5-19-17(7-15)21(25)18-8-16(4-6-20(18)26-19)24-11-13-9-23(2)10-14(13)12-24/h3-8,13-14,22H,9-12H2,1-2H3. The molecule has 2 aromatic carbocycles. The molecule has 5 rings (SSSR count). The van der Waals surface area contributed by atoms with Gasteiger partial charge in [-0.2, -0.15) is 0 Å². The van der Waals surface area contributed by atoms with Gasteiger partial charge >= 0.3 is 0 Å². The minimum atomic E-state index is 0.0410. The molecule has 26 heavy (non-hydrogen) atoms. The van der Waals surface area contributed by atoms with Crippen molar-refractivity contribution in [3.8, 4) is 0 Å². The van der Waals surface area contributed by atoms with Gasteiger partial charge in [-0.1, -0.05) is 0 Å². The monoisotopic (exact) mass is 349 g/mol. The molecule has 0 spiro atoms. The van der Waals surface area contributed by atoms with Gasteiger partial charge in [-0.3, -0.25) is 4.79 Å². The molecular formula is C21H23N3O2. The minimum absolute atomic E-state index is 0.0410. The maximum atomic E-state index is 13.0. The topological polar surface area (TPSA) is 48.7 Å². The Hall–Kier alpha value is -2.53. The number of rotatable bonds is 2. The molecule has 3 heterocycles. The Morgan fingerprint density at radius 3 is 2.31 bits per heavy atom. The van der Waals surface area contributed by atoms with Crippen LogP contribution < -0.4 is 15.6 Å². The molecule has 0 radical (unpaired) electrons. The van der Waals surface area contributed by atoms with Gasteiger partial charge in [0.05, 0.1) is 10.8 Å². The van der Waals surface area contributed by atoms with E-state index in [-0.39, 0.29) is 5.43 Å². The van der Waals surface area contributed by atoms with Crippen LogP contribution in [-0.4, -0.2) is 45.2 Å². The van der Waals surface area contributed by atoms with E-state index in [0.717, 1.165) is 36.3 Å². The molecule has 2 fully saturated rings. The Bertz CT molecular complexity index is 1040. The summed E-state index contributed by atoms with van der Waals surface area (Å²) in [4.78, 5) is 17.9. The zero-order valence-electron chi connectivity index (χ0n) is 15.2. The van der Waals surface area contributed by atoms with E-state index in [4.69, 9.17) is 4.42 Å². The third-order valence-electron chi connectivity index (χ3n) is 5.97. The average molecular weight is 349 g/mol. The van der Waals surface area contributed by atoms with Crippen molar-refractivity contribution in [2.75, 3.05) is 50.5 Å². The van der Waals surface area contributed by atoms with Crippen LogP contribution in [0.1, 0.15) is 0 Å². The quantitative estimate of drug-likeness (QED) is 0.721. The Labute approximate surface area is 152 Å². The molecule has 5 nitrogen and oxygen atoms in total. The maximum absolute atomic E-state index is 13.0. The zero-order chi connectivity index (χ0) is 17.8. The number of fused-ring (bicyclic) bond motifs is 3. The minimum Gasteiger partial charge on any atom is -0.456 e. The number of nitrogens with zero attached hydrogens (tertiary/aromatic N) is 2. The van der Waals surface area contributed by atoms with Crippen molar-refractivity contribution in [2.45, 2.75) is 0 Å². The van der Waals surface area contributed by atoms with Gasteiger partial charge in [-0.05, 0) is 55.3 Å². The van der Waals surface area contributed by atoms with Crippen LogP contribution in [0, 0.1) is 11.8 Å². The van der Waals surface area contributed by atoms with Gasteiger partial charge < -0.3 is 19.5 Å². The maximum Gasteiger partial charge on any atom is 0.200 e. The number of likely N-dealkylation sites (tertiary alicyclic amines) is 1. The number of hydrogen-bond acceptors (Lipinski definition) is 5. The molecule has 134 valence electrons. The lowest BCUT2D eigenvalue weighted by molar-refractivity contribution is 0.387. The predicted octanol–water partition coefficient (Wildman–Crippen LogP) is 2.99. The van der Waals surface area contributed by atoms with Gasteiger partial charge in [0.25, 0.3) is 0 Å². The fraction of sp³-hybridized carbons (Fsp3) is 0.381. The summed E-state index contributed by atoms with van der Waals surface area (Å²) >= 11 is 0. The Morgan fingerprint density at radius 1 is 0.962 bits per heavy atom. The van der Waals surface area contributed by atoms with Gasteiger partial charge in [-0.25, -0.2) is 0 Å². The van der Waals surface area contributed by atoms with Crippen molar-refractivity contribution in [2.24, 2.45) is 11.8 Å². The summed E-state index contributed by atoms with van der Waals surface area (Å²) in [7, 11) is 4.05. The van der Waals surface area contributed by atoms with Crippen molar-refractivity contribution in [3.05, 3.63) is 46.6 Å². The van der Waals surface area contributed by atoms with Crippen LogP contribution >= 0.6 is 0 Å². The van der Waals surface area contributed by atoms with Crippen LogP contribution in [0.15, 0.2) is 45.6 Å². The van der Waals surface area contributed by atoms with Crippen LogP contribution in [-0.2, 0) is 0 Å². The molecule has 0 amide bonds. The summed E-state index contributed by atoms with van der Waals surface area (Å²) in [6, 6.07) is 11.7. The molecule has 1 N–H and O–H groups in total. The number of nitrogens with one attached hydrogen (secondary N) is 1. The average Bonchev–Trinajstić information content (AvgIpc) is 3.19. The first-order valence-electron chi connectivity index (χ1n) is 9.24. The van der Waals surface area contributed by atoms with E-state index in [1.54, 1.807) is 0 Å². The molecule has 2 unspecified atom stereocenters. The second kappa shape index (κ2) is 5.74. The lowest BCUT2D eigenvalue weighted by Gasteiger charge is -2.21. The Morgan fingerprint density at radius 2 is 1.62 bits per heavy atom. The summed E-state index contributed by atoms with van der Waals surface area (Å²) in [5.74, 6) is 1.48. The van der Waals surface area contributed by atoms with Crippen molar-refractivity contribution in [3.63, 3.8) is 0 Å². The fourth-order valence-electron chi connectivity index (χ4n) is 4.64. The molecule has 2 aliphatic heterocycles. The highest BCUT2D eigenvalue weighted by Crippen LogP contribution is 2.34. The number of hydrogen-bond donors (Lipinski definition) is 1. The highest BCUT2D eigenvalue weighted by Gasteiger charge is 2.38. The van der Waals surface area contributed by atoms with Gasteiger partial charge in [0.1, 0.15) is 11.2 Å². The second-order valence-corrected chi connectivity index (χ2v) is 7.72. The third-order valence-corrected chi connectivity index (χ3v) is 5.97. The summed E-state index contributed by atoms with van der Waals surface area (Å²) < 4.78 is 5.98. The van der Waals surface area contributed by atoms with Crippen molar-refractivity contribution in [1.82, 2.24) is 4.90 Å². The van der Waals surface area contributed by atoms with Crippen molar-refractivity contribution in [1.29, 1.82) is 0 Å². The number of benzene rings is 2. The van der Waals surface area contributed by atoms with Crippen molar-refractivity contribution >= 4 is 33.3 Å². The predicted molar refractivity (Wildman–Crippen MR) is 106 cm³/mol. The molecule has 0 bridgehead atoms. The van der Waals surface area contributed by atoms with E-state index in [2.05, 4.69) is 28.2 Å². The first-order valence-corrected chi connectivity index (χ1v) is 9.24. The molecule has 0 saturated carbocycles. The Kier molecular flexibility index (Phi) is 3.47. The molecule has 2 atom stereocenters. The lowest BCUT2D eigenvalue weighted by atomic mass is 10.0. The third kappa shape index (κ3) is 2.38. The van der Waals surface area contributed by atoms with E-state index >= 15 is 0 Å². The van der Waals surface area contributed by atoms with Crippen LogP contribution in [0.3, 0.4) is 0 Å². The summed E-state index contributed by atoms with van der Waals surface area (Å²) in [6.45, 7) is 4.50. The van der Waals surface area contributed by atoms with Gasteiger partial charge in [0.2, 0.25) is 5.43 Å². The van der Waals surface area contributed by atoms with Crippen LogP contribution in [0.2, 0.25) is 0 Å². The summed E-state index contributed by atoms with van der Waals surface area (Å²) in [5.41, 5.74) is 3.37. The van der Waals surface area contributed by atoms with Crippen molar-refractivity contribution < 1.29 is 4.42 Å². The largest absolute Gasteiger partial charge is 0.456 e. The molecule has 5 heteroatoms. The van der Waals surface area contributed by atoms with Gasteiger partial charge in [0, 0.05) is 44.6 Å². The van der Waals surface area contributed by atoms with E-state index in [1.807, 2.05) is 37.4 Å². The number of anilines is 2. The van der Waals surface area contributed by atoms with E-state index in [1.165, 1.54) is 13.1 Å². The molecule has 0 aliphatic carbocycles. The highest BCUT2D eigenvalue weighted by atomic mass is 16.3. The van der Waals surface area contributed by atoms with Crippen LogP contribution in [0.25, 0.3) is 21.9 Å². The molecule has 2 aliphatic rings. The first-order chi connectivity index (χ1) is 12.6. The smallest absolute Gasteiger partial charge is 0.200 e. The molecule has 3 aromatic rings. The summed E-state index contributed by atoms with van der Waals surface area (Å²) in [6.07, 6.45) is 0. The van der Waals surface area contributed by atoms with E-state index < -0.39 is 0 Å². The van der Waals surface area contributed by atoms with Crippen LogP contribution in [0.5, 0.6) is 0 Å². The SMILES string of the molecule is CNc1ccc2oc3ccc(N4CC5CN(C)CC5C4)cc3c(=O)c2c1. The van der Waals surface area contributed by atoms with E-state index in [0.29, 0.717) is 21.9 Å². The molecular weight excluding hydrogens is 326 g/mol.